The molecule has 2 heterocycles. The van der Waals surface area contributed by atoms with Gasteiger partial charge in [-0.25, -0.2) is 12.8 Å². The molecule has 0 fully saturated rings. The number of nitrogens with two attached hydrogens (primary N) is 1. The fraction of sp³-hybridized carbons (Fsp3) is 0.250. The summed E-state index contributed by atoms with van der Waals surface area (Å²) in [5.41, 5.74) is 9.98. The summed E-state index contributed by atoms with van der Waals surface area (Å²) in [7, 11) is -3.22. The van der Waals surface area contributed by atoms with Crippen LogP contribution in [0.4, 0.5) is 4.39 Å². The molecule has 0 aliphatic rings. The van der Waals surface area contributed by atoms with Gasteiger partial charge in [0.25, 0.3) is 0 Å². The maximum absolute atomic E-state index is 14.1. The first-order valence-electron chi connectivity index (χ1n) is 8.57. The van der Waals surface area contributed by atoms with Gasteiger partial charge in [-0.2, -0.15) is 0 Å². The molecule has 2 aromatic heterocycles. The summed E-state index contributed by atoms with van der Waals surface area (Å²) in [5, 5.41) is 0. The van der Waals surface area contributed by atoms with Gasteiger partial charge in [0.05, 0.1) is 22.5 Å². The minimum atomic E-state index is -3.22. The van der Waals surface area contributed by atoms with Crippen LogP contribution in [0.5, 0.6) is 0 Å². The monoisotopic (exact) mass is 459 g/mol. The van der Waals surface area contributed by atoms with Crippen LogP contribution in [0, 0.1) is 6.92 Å². The number of pyridine rings is 1. The van der Waals surface area contributed by atoms with E-state index < -0.39 is 9.84 Å². The highest BCUT2D eigenvalue weighted by Crippen LogP contribution is 2.27. The van der Waals surface area contributed by atoms with E-state index in [0.29, 0.717) is 6.42 Å². The number of hydrogen-bond acceptors (Lipinski definition) is 4. The molecule has 9 heteroatoms. The first-order valence-corrected chi connectivity index (χ1v) is 10.5. The van der Waals surface area contributed by atoms with Crippen LogP contribution in [-0.2, 0) is 22.8 Å². The predicted octanol–water partition coefficient (Wildman–Crippen LogP) is 3.99. The van der Waals surface area contributed by atoms with Crippen molar-refractivity contribution in [2.24, 2.45) is 5.73 Å². The fourth-order valence-corrected chi connectivity index (χ4v) is 3.81. The maximum atomic E-state index is 14.1. The molecule has 3 rings (SSSR count). The molecule has 3 aromatic rings. The van der Waals surface area contributed by atoms with E-state index in [1.165, 1.54) is 12.3 Å². The lowest BCUT2D eigenvalue weighted by atomic mass is 10.0. The van der Waals surface area contributed by atoms with Gasteiger partial charge in [0, 0.05) is 36.7 Å². The SMILES string of the molecule is Cc1c(Cc2ccc(S(C)(=O)=O)cc2)c2ncccc2n1C/C(F)=C/CN.Cl.Cl. The Labute approximate surface area is 182 Å². The highest BCUT2D eigenvalue weighted by Gasteiger charge is 2.16. The highest BCUT2D eigenvalue weighted by atomic mass is 35.5. The summed E-state index contributed by atoms with van der Waals surface area (Å²) in [6.07, 6.45) is 4.85. The van der Waals surface area contributed by atoms with E-state index in [1.807, 2.05) is 23.6 Å². The molecular formula is C20H24Cl2FN3O2S. The standard InChI is InChI=1S/C20H22FN3O2S.2ClH/c1-14-18(12-15-5-7-17(8-6-15)27(2,25)26)20-19(4-3-11-23-20)24(14)13-16(21)9-10-22;;/h3-9,11H,10,12-13,22H2,1-2H3;2*1H/b16-9-;;. The molecule has 0 unspecified atom stereocenters. The van der Waals surface area contributed by atoms with E-state index in [4.69, 9.17) is 5.73 Å². The lowest BCUT2D eigenvalue weighted by Gasteiger charge is -2.08. The third kappa shape index (κ3) is 5.57. The maximum Gasteiger partial charge on any atom is 0.175 e. The average molecular weight is 460 g/mol. The zero-order valence-corrected chi connectivity index (χ0v) is 18.6. The van der Waals surface area contributed by atoms with Crippen LogP contribution in [0.2, 0.25) is 0 Å². The van der Waals surface area contributed by atoms with E-state index in [0.717, 1.165) is 27.9 Å². The molecule has 0 aliphatic heterocycles. The zero-order valence-electron chi connectivity index (χ0n) is 16.1. The molecule has 0 amide bonds. The largest absolute Gasteiger partial charge is 0.336 e. The number of sulfone groups is 1. The second kappa shape index (κ2) is 10.2. The quantitative estimate of drug-likeness (QED) is 0.604. The van der Waals surface area contributed by atoms with Crippen molar-refractivity contribution < 1.29 is 12.8 Å². The van der Waals surface area contributed by atoms with E-state index in [1.54, 1.807) is 30.5 Å². The molecule has 2 N–H and O–H groups in total. The van der Waals surface area contributed by atoms with E-state index in [9.17, 15) is 12.8 Å². The number of fused-ring (bicyclic) bond motifs is 1. The smallest absolute Gasteiger partial charge is 0.175 e. The molecule has 0 radical (unpaired) electrons. The van der Waals surface area contributed by atoms with Gasteiger partial charge < -0.3 is 10.3 Å². The Morgan fingerprint density at radius 2 is 1.86 bits per heavy atom. The first kappa shape index (κ1) is 25.1. The molecule has 0 saturated heterocycles. The summed E-state index contributed by atoms with van der Waals surface area (Å²) in [5.74, 6) is -0.287. The van der Waals surface area contributed by atoms with Gasteiger partial charge in [-0.05, 0) is 42.8 Å². The van der Waals surface area contributed by atoms with Gasteiger partial charge in [-0.1, -0.05) is 12.1 Å². The molecule has 5 nitrogen and oxygen atoms in total. The first-order chi connectivity index (χ1) is 12.8. The molecule has 158 valence electrons. The molecule has 1 aromatic carbocycles. The van der Waals surface area contributed by atoms with Gasteiger partial charge in [0.15, 0.2) is 9.84 Å². The van der Waals surface area contributed by atoms with E-state index >= 15 is 0 Å². The van der Waals surface area contributed by atoms with Crippen LogP contribution in [0.25, 0.3) is 11.0 Å². The Morgan fingerprint density at radius 1 is 1.21 bits per heavy atom. The van der Waals surface area contributed by atoms with Gasteiger partial charge >= 0.3 is 0 Å². The number of nitrogens with zero attached hydrogens (tertiary/aromatic N) is 2. The topological polar surface area (TPSA) is 78.0 Å². The van der Waals surface area contributed by atoms with Crippen molar-refractivity contribution in [3.05, 3.63) is 71.3 Å². The molecule has 0 spiro atoms. The lowest BCUT2D eigenvalue weighted by molar-refractivity contribution is 0.554. The third-order valence-electron chi connectivity index (χ3n) is 4.59. The minimum Gasteiger partial charge on any atom is -0.336 e. The Bertz CT molecular complexity index is 1110. The molecular weight excluding hydrogens is 436 g/mol. The van der Waals surface area contributed by atoms with Gasteiger partial charge in [0.1, 0.15) is 5.83 Å². The Hall–Kier alpha value is -1.93. The zero-order chi connectivity index (χ0) is 19.6. The Kier molecular flexibility index (Phi) is 8.84. The summed E-state index contributed by atoms with van der Waals surface area (Å²) < 4.78 is 39.2. The van der Waals surface area contributed by atoms with Crippen LogP contribution in [0.1, 0.15) is 16.8 Å². The van der Waals surface area contributed by atoms with Crippen molar-refractivity contribution in [1.82, 2.24) is 9.55 Å². The third-order valence-corrected chi connectivity index (χ3v) is 5.71. The van der Waals surface area contributed by atoms with Crippen LogP contribution < -0.4 is 5.73 Å². The van der Waals surface area contributed by atoms with Crippen LogP contribution in [0.15, 0.2) is 59.4 Å². The molecule has 0 aliphatic carbocycles. The van der Waals surface area contributed by atoms with Crippen LogP contribution in [-0.4, -0.2) is 30.8 Å². The predicted molar refractivity (Wildman–Crippen MR) is 120 cm³/mol. The van der Waals surface area contributed by atoms with Crippen molar-refractivity contribution >= 4 is 45.7 Å². The minimum absolute atomic E-state index is 0. The van der Waals surface area contributed by atoms with Gasteiger partial charge in [-0.15, -0.1) is 24.8 Å². The number of hydrogen-bond donors (Lipinski definition) is 1. The number of allylic oxidation sites excluding steroid dienone is 1. The van der Waals surface area contributed by atoms with E-state index in [-0.39, 0.29) is 48.6 Å². The second-order valence-corrected chi connectivity index (χ2v) is 8.52. The average Bonchev–Trinajstić information content (AvgIpc) is 2.88. The summed E-state index contributed by atoms with van der Waals surface area (Å²) in [6.45, 7) is 2.21. The highest BCUT2D eigenvalue weighted by molar-refractivity contribution is 7.90. The van der Waals surface area contributed by atoms with E-state index in [2.05, 4.69) is 4.98 Å². The summed E-state index contributed by atoms with van der Waals surface area (Å²) >= 11 is 0. The Balaban J connectivity index is 0.00000210. The van der Waals surface area contributed by atoms with Crippen LogP contribution >= 0.6 is 24.8 Å². The Morgan fingerprint density at radius 3 is 2.45 bits per heavy atom. The number of halogens is 3. The van der Waals surface area contributed by atoms with Crippen molar-refractivity contribution in [2.75, 3.05) is 12.8 Å². The molecule has 0 bridgehead atoms. The van der Waals surface area contributed by atoms with Crippen molar-refractivity contribution in [3.8, 4) is 0 Å². The lowest BCUT2D eigenvalue weighted by Crippen LogP contribution is -2.04. The summed E-state index contributed by atoms with van der Waals surface area (Å²) in [6, 6.07) is 10.6. The summed E-state index contributed by atoms with van der Waals surface area (Å²) in [4.78, 5) is 4.77. The molecule has 0 saturated carbocycles. The fourth-order valence-electron chi connectivity index (χ4n) is 3.18. The molecule has 29 heavy (non-hydrogen) atoms. The molecule has 0 atom stereocenters. The number of benzene rings is 1. The number of rotatable bonds is 6. The number of aromatic nitrogens is 2. The normalized spacial score (nSPS) is 11.8. The van der Waals surface area contributed by atoms with Crippen LogP contribution in [0.3, 0.4) is 0 Å². The van der Waals surface area contributed by atoms with Crippen molar-refractivity contribution in [3.63, 3.8) is 0 Å². The van der Waals surface area contributed by atoms with Crippen molar-refractivity contribution in [2.45, 2.75) is 24.8 Å². The van der Waals surface area contributed by atoms with Gasteiger partial charge in [0.2, 0.25) is 0 Å². The van der Waals surface area contributed by atoms with Crippen molar-refractivity contribution in [1.29, 1.82) is 0 Å². The van der Waals surface area contributed by atoms with Gasteiger partial charge in [-0.3, -0.25) is 4.98 Å². The second-order valence-electron chi connectivity index (χ2n) is 6.50.